The molecule has 6 nitrogen and oxygen atoms in total. The maximum absolute atomic E-state index is 12.8. The standard InChI is InChI=1S/C11H12F3N3O3/c1-6(15)4-10(16)20-9-3-2-7(17(18)19)5-8(9)11(12,13)14/h2-5,10H,15-16H2,1H3/b6-4-. The molecule has 1 aromatic rings. The number of nitrogens with zero attached hydrogens (tertiary/aromatic N) is 1. The highest BCUT2D eigenvalue weighted by Crippen LogP contribution is 2.38. The highest BCUT2D eigenvalue weighted by Gasteiger charge is 2.36. The molecule has 0 saturated carbocycles. The van der Waals surface area contributed by atoms with Crippen molar-refractivity contribution in [1.29, 1.82) is 0 Å². The van der Waals surface area contributed by atoms with Gasteiger partial charge in [0, 0.05) is 17.8 Å². The molecule has 4 N–H and O–H groups in total. The van der Waals surface area contributed by atoms with E-state index in [9.17, 15) is 23.3 Å². The molecule has 1 atom stereocenters. The number of hydrogen-bond acceptors (Lipinski definition) is 5. The van der Waals surface area contributed by atoms with Crippen LogP contribution in [-0.4, -0.2) is 11.2 Å². The summed E-state index contributed by atoms with van der Waals surface area (Å²) in [5.74, 6) is -0.604. The van der Waals surface area contributed by atoms with Crippen molar-refractivity contribution in [2.75, 3.05) is 0 Å². The second kappa shape index (κ2) is 5.78. The first-order valence-electron chi connectivity index (χ1n) is 5.33. The fraction of sp³-hybridized carbons (Fsp3) is 0.273. The molecule has 0 bridgehead atoms. The van der Waals surface area contributed by atoms with Crippen molar-refractivity contribution in [3.05, 3.63) is 45.6 Å². The van der Waals surface area contributed by atoms with Crippen LogP contribution in [0.3, 0.4) is 0 Å². The minimum atomic E-state index is -4.80. The summed E-state index contributed by atoms with van der Waals surface area (Å²) in [4.78, 5) is 9.58. The zero-order valence-electron chi connectivity index (χ0n) is 10.3. The predicted molar refractivity (Wildman–Crippen MR) is 64.6 cm³/mol. The van der Waals surface area contributed by atoms with E-state index in [4.69, 9.17) is 16.2 Å². The Labute approximate surface area is 112 Å². The average Bonchev–Trinajstić information content (AvgIpc) is 2.26. The monoisotopic (exact) mass is 291 g/mol. The van der Waals surface area contributed by atoms with E-state index in [0.29, 0.717) is 6.07 Å². The molecule has 0 aliphatic rings. The fourth-order valence-corrected chi connectivity index (χ4v) is 1.40. The summed E-state index contributed by atoms with van der Waals surface area (Å²) < 4.78 is 43.4. The molecule has 0 fully saturated rings. The number of rotatable bonds is 4. The summed E-state index contributed by atoms with van der Waals surface area (Å²) in [6.45, 7) is 1.49. The molecule has 0 aliphatic carbocycles. The molecular weight excluding hydrogens is 279 g/mol. The minimum Gasteiger partial charge on any atom is -0.471 e. The molecule has 1 rings (SSSR count). The number of nitro benzene ring substituents is 1. The lowest BCUT2D eigenvalue weighted by Gasteiger charge is -2.16. The van der Waals surface area contributed by atoms with Gasteiger partial charge in [-0.05, 0) is 19.1 Å². The number of halogens is 3. The SMILES string of the molecule is C/C(N)=C/C(N)Oc1ccc([N+](=O)[O-])cc1C(F)(F)F. The second-order valence-corrected chi connectivity index (χ2v) is 3.93. The van der Waals surface area contributed by atoms with Gasteiger partial charge in [-0.2, -0.15) is 13.2 Å². The van der Waals surface area contributed by atoms with E-state index in [2.05, 4.69) is 0 Å². The van der Waals surface area contributed by atoms with Crippen molar-refractivity contribution < 1.29 is 22.8 Å². The maximum Gasteiger partial charge on any atom is 0.420 e. The molecule has 20 heavy (non-hydrogen) atoms. The largest absolute Gasteiger partial charge is 0.471 e. The zero-order chi connectivity index (χ0) is 15.5. The summed E-state index contributed by atoms with van der Waals surface area (Å²) in [5, 5.41) is 10.5. The molecule has 9 heteroatoms. The second-order valence-electron chi connectivity index (χ2n) is 3.93. The van der Waals surface area contributed by atoms with Gasteiger partial charge in [-0.25, -0.2) is 0 Å². The average molecular weight is 291 g/mol. The van der Waals surface area contributed by atoms with Gasteiger partial charge in [-0.3, -0.25) is 15.8 Å². The Balaban J connectivity index is 3.19. The minimum absolute atomic E-state index is 0.271. The van der Waals surface area contributed by atoms with Crippen LogP contribution in [0.15, 0.2) is 30.0 Å². The number of allylic oxidation sites excluding steroid dienone is 1. The molecule has 1 unspecified atom stereocenters. The van der Waals surface area contributed by atoms with Gasteiger partial charge in [0.05, 0.1) is 4.92 Å². The van der Waals surface area contributed by atoms with Crippen molar-refractivity contribution in [1.82, 2.24) is 0 Å². The molecule has 0 aromatic heterocycles. The highest BCUT2D eigenvalue weighted by atomic mass is 19.4. The van der Waals surface area contributed by atoms with E-state index < -0.39 is 34.3 Å². The molecule has 0 spiro atoms. The number of ether oxygens (including phenoxy) is 1. The Hall–Kier alpha value is -2.29. The lowest BCUT2D eigenvalue weighted by Crippen LogP contribution is -2.27. The third-order valence-electron chi connectivity index (χ3n) is 2.17. The Bertz CT molecular complexity index is 539. The molecule has 110 valence electrons. The third kappa shape index (κ3) is 4.12. The number of alkyl halides is 3. The van der Waals surface area contributed by atoms with Crippen molar-refractivity contribution >= 4 is 5.69 Å². The van der Waals surface area contributed by atoms with Gasteiger partial charge in [0.25, 0.3) is 5.69 Å². The van der Waals surface area contributed by atoms with Gasteiger partial charge in [0.1, 0.15) is 11.3 Å². The number of nitro groups is 1. The van der Waals surface area contributed by atoms with Crippen LogP contribution in [0.1, 0.15) is 12.5 Å². The Morgan fingerprint density at radius 2 is 2.10 bits per heavy atom. The topological polar surface area (TPSA) is 104 Å². The van der Waals surface area contributed by atoms with Crippen LogP contribution in [-0.2, 0) is 6.18 Å². The normalized spacial score (nSPS) is 13.9. The number of benzene rings is 1. The van der Waals surface area contributed by atoms with Crippen molar-refractivity contribution in [2.24, 2.45) is 11.5 Å². The number of non-ortho nitro benzene ring substituents is 1. The van der Waals surface area contributed by atoms with Crippen LogP contribution in [0.25, 0.3) is 0 Å². The van der Waals surface area contributed by atoms with Gasteiger partial charge in [0.15, 0.2) is 6.23 Å². The molecule has 0 saturated heterocycles. The third-order valence-corrected chi connectivity index (χ3v) is 2.17. The first kappa shape index (κ1) is 15.8. The van der Waals surface area contributed by atoms with Crippen LogP contribution in [0, 0.1) is 10.1 Å². The summed E-state index contributed by atoms with van der Waals surface area (Å²) in [5.41, 5.74) is 9.07. The van der Waals surface area contributed by atoms with Gasteiger partial charge in [-0.15, -0.1) is 0 Å². The Morgan fingerprint density at radius 1 is 1.50 bits per heavy atom. The predicted octanol–water partition coefficient (Wildman–Crippen LogP) is 2.14. The summed E-state index contributed by atoms with van der Waals surface area (Å²) in [6.07, 6.45) is -4.79. The van der Waals surface area contributed by atoms with E-state index in [-0.39, 0.29) is 5.70 Å². The van der Waals surface area contributed by atoms with Crippen LogP contribution < -0.4 is 16.2 Å². The Morgan fingerprint density at radius 3 is 2.55 bits per heavy atom. The molecule has 0 radical (unpaired) electrons. The summed E-state index contributed by atoms with van der Waals surface area (Å²) >= 11 is 0. The molecule has 0 aliphatic heterocycles. The van der Waals surface area contributed by atoms with Crippen LogP contribution in [0.5, 0.6) is 5.75 Å². The van der Waals surface area contributed by atoms with E-state index >= 15 is 0 Å². The van der Waals surface area contributed by atoms with Gasteiger partial charge < -0.3 is 10.5 Å². The Kier molecular flexibility index (Phi) is 4.56. The van der Waals surface area contributed by atoms with E-state index in [1.165, 1.54) is 13.0 Å². The van der Waals surface area contributed by atoms with Crippen LogP contribution in [0.2, 0.25) is 0 Å². The first-order chi connectivity index (χ1) is 9.11. The lowest BCUT2D eigenvalue weighted by molar-refractivity contribution is -0.385. The van der Waals surface area contributed by atoms with E-state index in [0.717, 1.165) is 12.1 Å². The number of hydrogen-bond donors (Lipinski definition) is 2. The van der Waals surface area contributed by atoms with Crippen LogP contribution in [0.4, 0.5) is 18.9 Å². The maximum atomic E-state index is 12.8. The quantitative estimate of drug-likeness (QED) is 0.502. The highest BCUT2D eigenvalue weighted by molar-refractivity contribution is 5.45. The van der Waals surface area contributed by atoms with E-state index in [1.807, 2.05) is 0 Å². The smallest absolute Gasteiger partial charge is 0.420 e. The first-order valence-corrected chi connectivity index (χ1v) is 5.33. The van der Waals surface area contributed by atoms with Crippen LogP contribution >= 0.6 is 0 Å². The van der Waals surface area contributed by atoms with Gasteiger partial charge in [0.2, 0.25) is 0 Å². The van der Waals surface area contributed by atoms with Gasteiger partial charge in [-0.1, -0.05) is 0 Å². The summed E-state index contributed by atoms with van der Waals surface area (Å²) in [6, 6.07) is 2.14. The van der Waals surface area contributed by atoms with Crippen molar-refractivity contribution in [3.8, 4) is 5.75 Å². The molecular formula is C11H12F3N3O3. The van der Waals surface area contributed by atoms with Crippen molar-refractivity contribution in [3.63, 3.8) is 0 Å². The van der Waals surface area contributed by atoms with Crippen molar-refractivity contribution in [2.45, 2.75) is 19.3 Å². The molecule has 0 heterocycles. The molecule has 0 amide bonds. The van der Waals surface area contributed by atoms with Gasteiger partial charge >= 0.3 is 6.18 Å². The summed E-state index contributed by atoms with van der Waals surface area (Å²) in [7, 11) is 0. The zero-order valence-corrected chi connectivity index (χ0v) is 10.3. The lowest BCUT2D eigenvalue weighted by atomic mass is 10.1. The fourth-order valence-electron chi connectivity index (χ4n) is 1.40. The molecule has 1 aromatic carbocycles. The number of nitrogens with two attached hydrogens (primary N) is 2. The van der Waals surface area contributed by atoms with E-state index in [1.54, 1.807) is 0 Å².